The van der Waals surface area contributed by atoms with E-state index in [1.165, 1.54) is 12.3 Å². The topological polar surface area (TPSA) is 89.6 Å². The van der Waals surface area contributed by atoms with Crippen molar-refractivity contribution >= 4 is 29.3 Å². The highest BCUT2D eigenvalue weighted by Crippen LogP contribution is 2.34. The van der Waals surface area contributed by atoms with Crippen molar-refractivity contribution in [3.05, 3.63) is 82.1 Å². The third-order valence-electron chi connectivity index (χ3n) is 6.13. The highest BCUT2D eigenvalue weighted by molar-refractivity contribution is 6.29. The summed E-state index contributed by atoms with van der Waals surface area (Å²) >= 11 is 5.92. The third kappa shape index (κ3) is 8.11. The van der Waals surface area contributed by atoms with Crippen molar-refractivity contribution in [2.24, 2.45) is 5.92 Å². The van der Waals surface area contributed by atoms with Crippen molar-refractivity contribution in [1.29, 1.82) is 0 Å². The second kappa shape index (κ2) is 11.8. The molecule has 3 aromatic rings. The number of ether oxygens (including phenoxy) is 2. The van der Waals surface area contributed by atoms with Crippen LogP contribution in [0.3, 0.4) is 0 Å². The van der Waals surface area contributed by atoms with E-state index in [1.54, 1.807) is 32.9 Å². The molecule has 0 saturated carbocycles. The number of aromatic nitrogens is 1. The number of pyridine rings is 1. The number of nitrogens with one attached hydrogen (secondary N) is 2. The second-order valence-corrected chi connectivity index (χ2v) is 10.9. The molecule has 2 aromatic carbocycles. The Labute approximate surface area is 235 Å². The Morgan fingerprint density at radius 2 is 1.77 bits per heavy atom. The summed E-state index contributed by atoms with van der Waals surface area (Å²) < 4.78 is 51.8. The lowest BCUT2D eigenvalue weighted by atomic mass is 9.83. The number of nitrogens with zero attached hydrogens (tertiary/aromatic N) is 1. The Morgan fingerprint density at radius 1 is 1.02 bits per heavy atom. The van der Waals surface area contributed by atoms with Crippen LogP contribution in [0, 0.1) is 5.92 Å². The van der Waals surface area contributed by atoms with E-state index in [9.17, 15) is 22.8 Å². The summed E-state index contributed by atoms with van der Waals surface area (Å²) in [5.41, 5.74) is 0.489. The van der Waals surface area contributed by atoms with Gasteiger partial charge in [-0.2, -0.15) is 13.2 Å². The number of anilines is 1. The van der Waals surface area contributed by atoms with E-state index < -0.39 is 29.4 Å². The monoisotopic (exact) mass is 575 g/mol. The number of carbonyl (C=O) groups is 2. The first-order valence-corrected chi connectivity index (χ1v) is 13.0. The van der Waals surface area contributed by atoms with Crippen LogP contribution in [0.5, 0.6) is 11.5 Å². The Kier molecular flexibility index (Phi) is 8.58. The van der Waals surface area contributed by atoms with Crippen molar-refractivity contribution in [2.45, 2.75) is 58.4 Å². The molecule has 7 nitrogen and oxygen atoms in total. The van der Waals surface area contributed by atoms with Gasteiger partial charge in [0.15, 0.2) is 0 Å². The van der Waals surface area contributed by atoms with E-state index in [-0.39, 0.29) is 23.7 Å². The molecular formula is C29H29ClF3N3O4. The number of amides is 2. The summed E-state index contributed by atoms with van der Waals surface area (Å²) in [5.74, 6) is 0.257. The molecule has 1 heterocycles. The van der Waals surface area contributed by atoms with Gasteiger partial charge >= 0.3 is 12.3 Å². The van der Waals surface area contributed by atoms with Crippen molar-refractivity contribution in [2.75, 3.05) is 5.32 Å². The molecule has 0 radical (unpaired) electrons. The summed E-state index contributed by atoms with van der Waals surface area (Å²) in [7, 11) is 0. The standard InChI is InChI=1S/C29H29ClF3N3O4/c1-28(2,3)40-27(38)35-16-17-10-21(29(31,32)33)14-22(11-17)36-26(37)19-5-4-18-6-7-23(13-20(18)12-19)39-24-8-9-34-25(30)15-24/h6-11,13-15,19H,4-5,12,16H2,1-3H3,(H,35,38)(H,36,37). The largest absolute Gasteiger partial charge is 0.457 e. The Bertz CT molecular complexity index is 1410. The number of benzene rings is 2. The highest BCUT2D eigenvalue weighted by atomic mass is 35.5. The lowest BCUT2D eigenvalue weighted by molar-refractivity contribution is -0.137. The molecule has 1 atom stereocenters. The zero-order chi connectivity index (χ0) is 29.1. The summed E-state index contributed by atoms with van der Waals surface area (Å²) in [6, 6.07) is 12.1. The molecule has 1 aromatic heterocycles. The van der Waals surface area contributed by atoms with Gasteiger partial charge in [0.25, 0.3) is 0 Å². The summed E-state index contributed by atoms with van der Waals surface area (Å²) in [5, 5.41) is 5.39. The maximum atomic E-state index is 13.6. The quantitative estimate of drug-likeness (QED) is 0.301. The average Bonchev–Trinajstić information content (AvgIpc) is 2.85. The van der Waals surface area contributed by atoms with E-state index in [0.29, 0.717) is 35.9 Å². The number of rotatable bonds is 6. The Hall–Kier alpha value is -3.79. The number of halogens is 4. The average molecular weight is 576 g/mol. The SMILES string of the molecule is CC(C)(C)OC(=O)NCc1cc(NC(=O)C2CCc3ccc(Oc4ccnc(Cl)c4)cc3C2)cc(C(F)(F)F)c1. The van der Waals surface area contributed by atoms with Crippen molar-refractivity contribution in [3.8, 4) is 11.5 Å². The molecule has 0 aliphatic heterocycles. The van der Waals surface area contributed by atoms with Crippen LogP contribution in [0.25, 0.3) is 0 Å². The Morgan fingerprint density at radius 3 is 2.48 bits per heavy atom. The first-order valence-electron chi connectivity index (χ1n) is 12.7. The third-order valence-corrected chi connectivity index (χ3v) is 6.34. The Balaban J connectivity index is 1.46. The minimum atomic E-state index is -4.64. The molecule has 212 valence electrons. The van der Waals surface area contributed by atoms with Crippen molar-refractivity contribution in [1.82, 2.24) is 10.3 Å². The van der Waals surface area contributed by atoms with Gasteiger partial charge in [0.1, 0.15) is 22.3 Å². The second-order valence-electron chi connectivity index (χ2n) is 10.5. The molecule has 0 saturated heterocycles. The molecule has 2 amide bonds. The molecular weight excluding hydrogens is 547 g/mol. The first-order chi connectivity index (χ1) is 18.7. The zero-order valence-corrected chi connectivity index (χ0v) is 22.9. The van der Waals surface area contributed by atoms with E-state index in [0.717, 1.165) is 23.3 Å². The summed E-state index contributed by atoms with van der Waals surface area (Å²) in [6.07, 6.45) is -2.27. The number of alkyl carbamates (subject to hydrolysis) is 1. The predicted molar refractivity (Wildman–Crippen MR) is 144 cm³/mol. The van der Waals surface area contributed by atoms with Crippen LogP contribution in [0.1, 0.15) is 49.4 Å². The van der Waals surface area contributed by atoms with Gasteiger partial charge in [-0.05, 0) is 93.1 Å². The molecule has 0 spiro atoms. The minimum Gasteiger partial charge on any atom is -0.457 e. The first kappa shape index (κ1) is 29.2. The minimum absolute atomic E-state index is 0.00161. The molecule has 1 aliphatic rings. The number of carbonyl (C=O) groups excluding carboxylic acids is 2. The maximum Gasteiger partial charge on any atom is 0.416 e. The lowest BCUT2D eigenvalue weighted by Crippen LogP contribution is -2.32. The van der Waals surface area contributed by atoms with Gasteiger partial charge in [0.05, 0.1) is 5.56 Å². The van der Waals surface area contributed by atoms with E-state index >= 15 is 0 Å². The molecule has 11 heteroatoms. The van der Waals surface area contributed by atoms with Crippen molar-refractivity contribution in [3.63, 3.8) is 0 Å². The molecule has 0 fully saturated rings. The number of hydrogen-bond donors (Lipinski definition) is 2. The number of alkyl halides is 3. The van der Waals surface area contributed by atoms with Gasteiger partial charge in [0.2, 0.25) is 5.91 Å². The fourth-order valence-electron chi connectivity index (χ4n) is 4.37. The molecule has 2 N–H and O–H groups in total. The van der Waals surface area contributed by atoms with E-state index in [2.05, 4.69) is 15.6 Å². The summed E-state index contributed by atoms with van der Waals surface area (Å²) in [4.78, 5) is 29.1. The van der Waals surface area contributed by atoms with Crippen LogP contribution in [0.4, 0.5) is 23.7 Å². The fraction of sp³-hybridized carbons (Fsp3) is 0.345. The van der Waals surface area contributed by atoms with Gasteiger partial charge in [0, 0.05) is 30.4 Å². The van der Waals surface area contributed by atoms with Crippen LogP contribution in [0.2, 0.25) is 5.15 Å². The van der Waals surface area contributed by atoms with Gasteiger partial charge in [-0.3, -0.25) is 4.79 Å². The summed E-state index contributed by atoms with van der Waals surface area (Å²) in [6.45, 7) is 4.83. The van der Waals surface area contributed by atoms with Crippen LogP contribution < -0.4 is 15.4 Å². The van der Waals surface area contributed by atoms with Gasteiger partial charge in [-0.25, -0.2) is 9.78 Å². The highest BCUT2D eigenvalue weighted by Gasteiger charge is 2.32. The van der Waals surface area contributed by atoms with Gasteiger partial charge < -0.3 is 20.1 Å². The number of fused-ring (bicyclic) bond motifs is 1. The van der Waals surface area contributed by atoms with E-state index in [1.807, 2.05) is 18.2 Å². The molecule has 1 unspecified atom stereocenters. The van der Waals surface area contributed by atoms with Gasteiger partial charge in [-0.15, -0.1) is 0 Å². The van der Waals surface area contributed by atoms with Crippen LogP contribution >= 0.6 is 11.6 Å². The lowest BCUT2D eigenvalue weighted by Gasteiger charge is -2.25. The van der Waals surface area contributed by atoms with Crippen LogP contribution in [-0.4, -0.2) is 22.6 Å². The maximum absolute atomic E-state index is 13.6. The molecule has 4 rings (SSSR count). The predicted octanol–water partition coefficient (Wildman–Crippen LogP) is 7.31. The zero-order valence-electron chi connectivity index (χ0n) is 22.2. The van der Waals surface area contributed by atoms with Crippen LogP contribution in [-0.2, 0) is 35.1 Å². The number of aryl methyl sites for hydroxylation is 1. The van der Waals surface area contributed by atoms with Crippen molar-refractivity contribution < 1.29 is 32.2 Å². The smallest absolute Gasteiger partial charge is 0.416 e. The van der Waals surface area contributed by atoms with Crippen LogP contribution in [0.15, 0.2) is 54.7 Å². The number of hydrogen-bond acceptors (Lipinski definition) is 5. The normalized spacial score (nSPS) is 15.1. The van der Waals surface area contributed by atoms with Gasteiger partial charge in [-0.1, -0.05) is 17.7 Å². The molecule has 40 heavy (non-hydrogen) atoms. The molecule has 1 aliphatic carbocycles. The molecule has 0 bridgehead atoms. The van der Waals surface area contributed by atoms with E-state index in [4.69, 9.17) is 21.1 Å². The fourth-order valence-corrected chi connectivity index (χ4v) is 4.53.